The number of pyridine rings is 1. The van der Waals surface area contributed by atoms with E-state index in [1.807, 2.05) is 0 Å². The van der Waals surface area contributed by atoms with Gasteiger partial charge in [0.15, 0.2) is 0 Å². The van der Waals surface area contributed by atoms with E-state index in [1.165, 1.54) is 4.90 Å². The fraction of sp³-hybridized carbons (Fsp3) is 0.500. The zero-order valence-electron chi connectivity index (χ0n) is 11.6. The van der Waals surface area contributed by atoms with Crippen LogP contribution >= 0.6 is 0 Å². The van der Waals surface area contributed by atoms with Gasteiger partial charge in [0.2, 0.25) is 0 Å². The van der Waals surface area contributed by atoms with E-state index in [-0.39, 0.29) is 11.8 Å². The number of hydrogen-bond acceptors (Lipinski definition) is 3. The summed E-state index contributed by atoms with van der Waals surface area (Å²) in [5.74, 6) is 0.332. The highest BCUT2D eigenvalue weighted by Crippen LogP contribution is 2.20. The van der Waals surface area contributed by atoms with Crippen molar-refractivity contribution in [3.05, 3.63) is 29.6 Å². The van der Waals surface area contributed by atoms with Crippen LogP contribution in [0.1, 0.15) is 34.3 Å². The Kier molecular flexibility index (Phi) is 3.83. The summed E-state index contributed by atoms with van der Waals surface area (Å²) in [7, 11) is 3.33. The van der Waals surface area contributed by atoms with E-state index < -0.39 is 0 Å². The van der Waals surface area contributed by atoms with Crippen LogP contribution in [-0.2, 0) is 0 Å². The van der Waals surface area contributed by atoms with Crippen molar-refractivity contribution in [2.75, 3.05) is 27.2 Å². The summed E-state index contributed by atoms with van der Waals surface area (Å²) in [6, 6.07) is 4.99. The van der Waals surface area contributed by atoms with Gasteiger partial charge >= 0.3 is 0 Å². The van der Waals surface area contributed by atoms with Crippen molar-refractivity contribution >= 4 is 11.8 Å². The number of carbonyl (C=O) groups excluding carboxylic acids is 2. The summed E-state index contributed by atoms with van der Waals surface area (Å²) in [6.45, 7) is 3.72. The van der Waals surface area contributed by atoms with Crippen LogP contribution in [0.4, 0.5) is 0 Å². The number of amides is 2. The van der Waals surface area contributed by atoms with E-state index in [1.54, 1.807) is 37.2 Å². The summed E-state index contributed by atoms with van der Waals surface area (Å²) in [4.78, 5) is 31.4. The second-order valence-corrected chi connectivity index (χ2v) is 5.09. The van der Waals surface area contributed by atoms with Crippen LogP contribution in [0.25, 0.3) is 0 Å². The minimum atomic E-state index is -0.190. The third-order valence-electron chi connectivity index (χ3n) is 3.42. The molecule has 0 atom stereocenters. The highest BCUT2D eigenvalue weighted by molar-refractivity contribution is 5.96. The van der Waals surface area contributed by atoms with Gasteiger partial charge in [0, 0.05) is 27.2 Å². The van der Waals surface area contributed by atoms with Gasteiger partial charge in [-0.3, -0.25) is 9.59 Å². The molecule has 0 saturated carbocycles. The molecule has 0 spiro atoms. The molecule has 1 aromatic rings. The van der Waals surface area contributed by atoms with E-state index in [9.17, 15) is 9.59 Å². The van der Waals surface area contributed by atoms with Crippen molar-refractivity contribution in [1.82, 2.24) is 14.8 Å². The molecular weight excluding hydrogens is 242 g/mol. The van der Waals surface area contributed by atoms with E-state index in [0.717, 1.165) is 19.5 Å². The highest BCUT2D eigenvalue weighted by Gasteiger charge is 2.30. The molecule has 2 amide bonds. The summed E-state index contributed by atoms with van der Waals surface area (Å²) in [5.41, 5.74) is 0.658. The molecule has 0 bridgehead atoms. The van der Waals surface area contributed by atoms with E-state index >= 15 is 0 Å². The average molecular weight is 261 g/mol. The predicted molar refractivity (Wildman–Crippen MR) is 71.9 cm³/mol. The van der Waals surface area contributed by atoms with Gasteiger partial charge in [-0.15, -0.1) is 0 Å². The van der Waals surface area contributed by atoms with Crippen molar-refractivity contribution in [2.45, 2.75) is 13.3 Å². The van der Waals surface area contributed by atoms with Crippen LogP contribution in [0, 0.1) is 5.92 Å². The summed E-state index contributed by atoms with van der Waals surface area (Å²) in [6.07, 6.45) is 1.09. The standard InChI is InChI=1S/C14H19N3O2/c1-4-10-8-17(9-10)14(19)12-7-5-6-11(15-12)13(18)16(2)3/h5-7,10H,4,8-9H2,1-3H3. The molecular formula is C14H19N3O2. The number of likely N-dealkylation sites (tertiary alicyclic amines) is 1. The first-order valence-corrected chi connectivity index (χ1v) is 6.51. The lowest BCUT2D eigenvalue weighted by molar-refractivity contribution is 0.0488. The molecule has 19 heavy (non-hydrogen) atoms. The average Bonchev–Trinajstić information content (AvgIpc) is 2.36. The van der Waals surface area contributed by atoms with Crippen LogP contribution in [0.2, 0.25) is 0 Å². The van der Waals surface area contributed by atoms with Gasteiger partial charge in [-0.25, -0.2) is 4.98 Å². The number of carbonyl (C=O) groups is 2. The SMILES string of the molecule is CCC1CN(C(=O)c2cccc(C(=O)N(C)C)n2)C1. The Hall–Kier alpha value is -1.91. The second kappa shape index (κ2) is 5.38. The molecule has 1 aliphatic rings. The van der Waals surface area contributed by atoms with E-state index in [2.05, 4.69) is 11.9 Å². The van der Waals surface area contributed by atoms with Crippen LogP contribution in [0.5, 0.6) is 0 Å². The fourth-order valence-electron chi connectivity index (χ4n) is 2.06. The van der Waals surface area contributed by atoms with Crippen LogP contribution < -0.4 is 0 Å². The van der Waals surface area contributed by atoms with Crippen LogP contribution in [0.15, 0.2) is 18.2 Å². The van der Waals surface area contributed by atoms with Gasteiger partial charge in [0.25, 0.3) is 11.8 Å². The minimum Gasteiger partial charge on any atom is -0.343 e. The molecule has 0 radical (unpaired) electrons. The molecule has 0 aliphatic carbocycles. The van der Waals surface area contributed by atoms with Crippen molar-refractivity contribution < 1.29 is 9.59 Å². The largest absolute Gasteiger partial charge is 0.343 e. The number of nitrogens with zero attached hydrogens (tertiary/aromatic N) is 3. The van der Waals surface area contributed by atoms with Gasteiger partial charge in [-0.1, -0.05) is 13.0 Å². The van der Waals surface area contributed by atoms with Gasteiger partial charge in [-0.2, -0.15) is 0 Å². The maximum atomic E-state index is 12.2. The summed E-state index contributed by atoms with van der Waals surface area (Å²) in [5, 5.41) is 0. The van der Waals surface area contributed by atoms with E-state index in [4.69, 9.17) is 0 Å². The molecule has 0 N–H and O–H groups in total. The smallest absolute Gasteiger partial charge is 0.272 e. The van der Waals surface area contributed by atoms with Crippen LogP contribution in [0.3, 0.4) is 0 Å². The third kappa shape index (κ3) is 2.75. The molecule has 1 saturated heterocycles. The number of aromatic nitrogens is 1. The van der Waals surface area contributed by atoms with Crippen molar-refractivity contribution in [3.63, 3.8) is 0 Å². The Morgan fingerprint density at radius 3 is 2.53 bits per heavy atom. The lowest BCUT2D eigenvalue weighted by atomic mass is 9.97. The Morgan fingerprint density at radius 1 is 1.32 bits per heavy atom. The molecule has 0 unspecified atom stereocenters. The highest BCUT2D eigenvalue weighted by atomic mass is 16.2. The van der Waals surface area contributed by atoms with Crippen molar-refractivity contribution in [1.29, 1.82) is 0 Å². The first kappa shape index (κ1) is 13.5. The fourth-order valence-corrected chi connectivity index (χ4v) is 2.06. The monoisotopic (exact) mass is 261 g/mol. The first-order chi connectivity index (χ1) is 9.02. The lowest BCUT2D eigenvalue weighted by Crippen LogP contribution is -2.49. The maximum Gasteiger partial charge on any atom is 0.272 e. The Bertz CT molecular complexity index is 493. The first-order valence-electron chi connectivity index (χ1n) is 6.51. The Balaban J connectivity index is 2.11. The molecule has 1 aliphatic heterocycles. The molecule has 2 heterocycles. The molecule has 1 fully saturated rings. The lowest BCUT2D eigenvalue weighted by Gasteiger charge is -2.38. The topological polar surface area (TPSA) is 53.5 Å². The molecule has 5 nitrogen and oxygen atoms in total. The molecule has 0 aromatic carbocycles. The third-order valence-corrected chi connectivity index (χ3v) is 3.42. The molecule has 2 rings (SSSR count). The summed E-state index contributed by atoms with van der Waals surface area (Å²) >= 11 is 0. The maximum absolute atomic E-state index is 12.2. The molecule has 102 valence electrons. The van der Waals surface area contributed by atoms with Crippen molar-refractivity contribution in [3.8, 4) is 0 Å². The van der Waals surface area contributed by atoms with E-state index in [0.29, 0.717) is 17.3 Å². The van der Waals surface area contributed by atoms with Gasteiger partial charge < -0.3 is 9.80 Å². The van der Waals surface area contributed by atoms with Gasteiger partial charge in [0.05, 0.1) is 0 Å². The van der Waals surface area contributed by atoms with Crippen LogP contribution in [-0.4, -0.2) is 53.8 Å². The number of rotatable bonds is 3. The van der Waals surface area contributed by atoms with Crippen molar-refractivity contribution in [2.24, 2.45) is 5.92 Å². The molecule has 5 heteroatoms. The predicted octanol–water partition coefficient (Wildman–Crippen LogP) is 1.27. The quantitative estimate of drug-likeness (QED) is 0.823. The Labute approximate surface area is 113 Å². The number of hydrogen-bond donors (Lipinski definition) is 0. The minimum absolute atomic E-state index is 0.0851. The summed E-state index contributed by atoms with van der Waals surface area (Å²) < 4.78 is 0. The zero-order chi connectivity index (χ0) is 14.0. The van der Waals surface area contributed by atoms with Gasteiger partial charge in [-0.05, 0) is 24.5 Å². The van der Waals surface area contributed by atoms with Gasteiger partial charge in [0.1, 0.15) is 11.4 Å². The Morgan fingerprint density at radius 2 is 1.95 bits per heavy atom. The zero-order valence-corrected chi connectivity index (χ0v) is 11.6. The molecule has 1 aromatic heterocycles. The second-order valence-electron chi connectivity index (χ2n) is 5.09. The normalized spacial score (nSPS) is 15.0.